The molecule has 1 atom stereocenters. The Labute approximate surface area is 146 Å². The van der Waals surface area contributed by atoms with Crippen LogP contribution < -0.4 is 5.32 Å². The van der Waals surface area contributed by atoms with Crippen LogP contribution in [0.25, 0.3) is 0 Å². The number of carbonyl (C=O) groups excluding carboxylic acids is 3. The summed E-state index contributed by atoms with van der Waals surface area (Å²) in [7, 11) is 0. The van der Waals surface area contributed by atoms with E-state index in [-0.39, 0.29) is 41.8 Å². The molecule has 1 heterocycles. The Morgan fingerprint density at radius 3 is 2.52 bits per heavy atom. The highest BCUT2D eigenvalue weighted by Crippen LogP contribution is 2.24. The zero-order chi connectivity index (χ0) is 18.6. The fourth-order valence-corrected chi connectivity index (χ4v) is 2.69. The molecule has 2 rings (SSSR count). The van der Waals surface area contributed by atoms with E-state index in [0.717, 1.165) is 12.8 Å². The molecule has 1 aromatic rings. The maximum Gasteiger partial charge on any atom is 0.303 e. The maximum atomic E-state index is 12.4. The number of hydrogen-bond donors (Lipinski definition) is 2. The van der Waals surface area contributed by atoms with Gasteiger partial charge in [-0.25, -0.2) is 0 Å². The average Bonchev–Trinajstić information content (AvgIpc) is 2.81. The van der Waals surface area contributed by atoms with Gasteiger partial charge >= 0.3 is 5.97 Å². The molecule has 3 amide bonds. The number of carboxylic acid groups (broad SMARTS) is 1. The predicted octanol–water partition coefficient (Wildman–Crippen LogP) is 1.92. The van der Waals surface area contributed by atoms with E-state index in [4.69, 9.17) is 5.11 Å². The largest absolute Gasteiger partial charge is 0.481 e. The van der Waals surface area contributed by atoms with Crippen LogP contribution in [0.15, 0.2) is 18.2 Å². The second-order valence-corrected chi connectivity index (χ2v) is 6.29. The summed E-state index contributed by atoms with van der Waals surface area (Å²) < 4.78 is 0. The van der Waals surface area contributed by atoms with Gasteiger partial charge in [0.05, 0.1) is 11.1 Å². The Balaban J connectivity index is 2.08. The number of imide groups is 1. The first-order chi connectivity index (χ1) is 11.8. The molecule has 0 aliphatic carbocycles. The molecule has 2 N–H and O–H groups in total. The van der Waals surface area contributed by atoms with Crippen LogP contribution in [0.2, 0.25) is 0 Å². The van der Waals surface area contributed by atoms with Crippen LogP contribution in [0.1, 0.15) is 64.2 Å². The number of aliphatic carboxylic acids is 1. The highest BCUT2D eigenvalue weighted by atomic mass is 16.4. The van der Waals surface area contributed by atoms with Gasteiger partial charge in [0.1, 0.15) is 0 Å². The lowest BCUT2D eigenvalue weighted by molar-refractivity contribution is -0.137. The standard InChI is InChI=1S/C18H22N2O5/c1-3-4-7-20-17(24)13-6-5-12(9-14(13)18(20)25)16(23)19-10-11(2)8-15(21)22/h5-6,9,11H,3-4,7-8,10H2,1-2H3,(H,19,23)(H,21,22). The van der Waals surface area contributed by atoms with Crippen molar-refractivity contribution in [1.29, 1.82) is 0 Å². The number of hydrogen-bond acceptors (Lipinski definition) is 4. The second kappa shape index (κ2) is 7.92. The lowest BCUT2D eigenvalue weighted by atomic mass is 10.0. The molecule has 0 radical (unpaired) electrons. The van der Waals surface area contributed by atoms with Crippen LogP contribution in [0.3, 0.4) is 0 Å². The van der Waals surface area contributed by atoms with Crippen molar-refractivity contribution in [3.63, 3.8) is 0 Å². The van der Waals surface area contributed by atoms with Crippen molar-refractivity contribution < 1.29 is 24.3 Å². The van der Waals surface area contributed by atoms with Gasteiger partial charge in [-0.3, -0.25) is 24.1 Å². The van der Waals surface area contributed by atoms with E-state index in [9.17, 15) is 19.2 Å². The molecule has 25 heavy (non-hydrogen) atoms. The van der Waals surface area contributed by atoms with Crippen LogP contribution in [0.5, 0.6) is 0 Å². The number of carboxylic acids is 1. The van der Waals surface area contributed by atoms with E-state index in [0.29, 0.717) is 12.1 Å². The third-order valence-electron chi connectivity index (χ3n) is 4.10. The normalized spacial score (nSPS) is 14.4. The third-order valence-corrected chi connectivity index (χ3v) is 4.10. The molecule has 0 saturated carbocycles. The van der Waals surface area contributed by atoms with Gasteiger partial charge in [0.2, 0.25) is 0 Å². The van der Waals surface area contributed by atoms with Gasteiger partial charge in [0, 0.05) is 25.1 Å². The fourth-order valence-electron chi connectivity index (χ4n) is 2.69. The second-order valence-electron chi connectivity index (χ2n) is 6.29. The minimum atomic E-state index is -0.921. The number of amides is 3. The van der Waals surface area contributed by atoms with E-state index in [1.807, 2.05) is 6.92 Å². The highest BCUT2D eigenvalue weighted by Gasteiger charge is 2.35. The topological polar surface area (TPSA) is 104 Å². The summed E-state index contributed by atoms with van der Waals surface area (Å²) in [6, 6.07) is 4.43. The third kappa shape index (κ3) is 4.23. The number of rotatable bonds is 8. The van der Waals surface area contributed by atoms with Gasteiger partial charge in [-0.1, -0.05) is 20.3 Å². The van der Waals surface area contributed by atoms with E-state index in [2.05, 4.69) is 5.32 Å². The Morgan fingerprint density at radius 2 is 1.88 bits per heavy atom. The van der Waals surface area contributed by atoms with Crippen LogP contribution in [-0.2, 0) is 4.79 Å². The molecule has 1 aliphatic heterocycles. The average molecular weight is 346 g/mol. The maximum absolute atomic E-state index is 12.4. The molecule has 0 bridgehead atoms. The molecule has 1 aliphatic rings. The summed E-state index contributed by atoms with van der Waals surface area (Å²) in [6.45, 7) is 4.30. The fraction of sp³-hybridized carbons (Fsp3) is 0.444. The molecule has 0 aromatic heterocycles. The smallest absolute Gasteiger partial charge is 0.303 e. The van der Waals surface area contributed by atoms with Crippen molar-refractivity contribution in [2.24, 2.45) is 5.92 Å². The molecule has 1 unspecified atom stereocenters. The minimum Gasteiger partial charge on any atom is -0.481 e. The van der Waals surface area contributed by atoms with Gasteiger partial charge in [-0.15, -0.1) is 0 Å². The van der Waals surface area contributed by atoms with Gasteiger partial charge in [-0.05, 0) is 30.5 Å². The summed E-state index contributed by atoms with van der Waals surface area (Å²) in [5, 5.41) is 11.4. The highest BCUT2D eigenvalue weighted by molar-refractivity contribution is 6.22. The summed E-state index contributed by atoms with van der Waals surface area (Å²) >= 11 is 0. The molecular weight excluding hydrogens is 324 g/mol. The Kier molecular flexibility index (Phi) is 5.90. The Morgan fingerprint density at radius 1 is 1.20 bits per heavy atom. The van der Waals surface area contributed by atoms with Crippen molar-refractivity contribution >= 4 is 23.7 Å². The summed E-state index contributed by atoms with van der Waals surface area (Å²) in [5.41, 5.74) is 0.837. The van der Waals surface area contributed by atoms with E-state index < -0.39 is 11.9 Å². The predicted molar refractivity (Wildman–Crippen MR) is 90.5 cm³/mol. The number of fused-ring (bicyclic) bond motifs is 1. The van der Waals surface area contributed by atoms with Crippen molar-refractivity contribution in [2.45, 2.75) is 33.1 Å². The Bertz CT molecular complexity index is 713. The van der Waals surface area contributed by atoms with Crippen LogP contribution in [0, 0.1) is 5.92 Å². The zero-order valence-corrected chi connectivity index (χ0v) is 14.4. The number of nitrogens with zero attached hydrogens (tertiary/aromatic N) is 1. The zero-order valence-electron chi connectivity index (χ0n) is 14.4. The monoisotopic (exact) mass is 346 g/mol. The summed E-state index contributed by atoms with van der Waals surface area (Å²) in [6.07, 6.45) is 1.57. The van der Waals surface area contributed by atoms with Crippen molar-refractivity contribution in [2.75, 3.05) is 13.1 Å². The van der Waals surface area contributed by atoms with Gasteiger partial charge < -0.3 is 10.4 Å². The van der Waals surface area contributed by atoms with Crippen LogP contribution in [-0.4, -0.2) is 46.8 Å². The first-order valence-corrected chi connectivity index (χ1v) is 8.35. The molecule has 0 spiro atoms. The molecule has 7 nitrogen and oxygen atoms in total. The van der Waals surface area contributed by atoms with Crippen LogP contribution in [0.4, 0.5) is 0 Å². The number of unbranched alkanes of at least 4 members (excludes halogenated alkanes) is 1. The molecule has 1 aromatic carbocycles. The lowest BCUT2D eigenvalue weighted by Gasteiger charge is -2.12. The first-order valence-electron chi connectivity index (χ1n) is 8.35. The summed E-state index contributed by atoms with van der Waals surface area (Å²) in [5.74, 6) is -2.22. The SMILES string of the molecule is CCCCN1C(=O)c2ccc(C(=O)NCC(C)CC(=O)O)cc2C1=O. The van der Waals surface area contributed by atoms with Gasteiger partial charge in [0.15, 0.2) is 0 Å². The van der Waals surface area contributed by atoms with Crippen molar-refractivity contribution in [1.82, 2.24) is 10.2 Å². The van der Waals surface area contributed by atoms with Crippen molar-refractivity contribution in [3.8, 4) is 0 Å². The quantitative estimate of drug-likeness (QED) is 0.700. The Hall–Kier alpha value is -2.70. The first kappa shape index (κ1) is 18.6. The van der Waals surface area contributed by atoms with E-state index in [1.54, 1.807) is 6.92 Å². The van der Waals surface area contributed by atoms with E-state index in [1.165, 1.54) is 23.1 Å². The van der Waals surface area contributed by atoms with Crippen molar-refractivity contribution in [3.05, 3.63) is 34.9 Å². The van der Waals surface area contributed by atoms with Gasteiger partial charge in [0.25, 0.3) is 17.7 Å². The van der Waals surface area contributed by atoms with E-state index >= 15 is 0 Å². The molecule has 0 fully saturated rings. The summed E-state index contributed by atoms with van der Waals surface area (Å²) in [4.78, 5) is 48.7. The molecular formula is C18H22N2O5. The lowest BCUT2D eigenvalue weighted by Crippen LogP contribution is -2.30. The number of carbonyl (C=O) groups is 4. The molecule has 7 heteroatoms. The van der Waals surface area contributed by atoms with Gasteiger partial charge in [-0.2, -0.15) is 0 Å². The minimum absolute atomic E-state index is 0.0379. The molecule has 0 saturated heterocycles. The molecule has 134 valence electrons. The number of benzene rings is 1. The number of nitrogens with one attached hydrogen (secondary N) is 1. The van der Waals surface area contributed by atoms with Crippen LogP contribution >= 0.6 is 0 Å².